The number of thiophene rings is 1. The lowest BCUT2D eigenvalue weighted by molar-refractivity contribution is -0.138. The topological polar surface area (TPSA) is 101 Å². The highest BCUT2D eigenvalue weighted by Crippen LogP contribution is 2.39. The van der Waals surface area contributed by atoms with Crippen molar-refractivity contribution in [3.05, 3.63) is 130 Å². The van der Waals surface area contributed by atoms with Gasteiger partial charge in [-0.05, 0) is 64.0 Å². The molecule has 3 aromatic heterocycles. The van der Waals surface area contributed by atoms with Gasteiger partial charge in [0.2, 0.25) is 0 Å². The van der Waals surface area contributed by atoms with Crippen LogP contribution >= 0.6 is 22.7 Å². The average Bonchev–Trinajstić information content (AvgIpc) is 3.67. The van der Waals surface area contributed by atoms with Crippen molar-refractivity contribution >= 4 is 46.4 Å². The second-order valence-corrected chi connectivity index (χ2v) is 13.5. The Balaban J connectivity index is 1.61. The zero-order valence-electron chi connectivity index (χ0n) is 27.7. The molecule has 0 aliphatic carbocycles. The summed E-state index contributed by atoms with van der Waals surface area (Å²) >= 11 is 2.78. The first-order chi connectivity index (χ1) is 23.1. The van der Waals surface area contributed by atoms with Crippen molar-refractivity contribution in [1.82, 2.24) is 9.13 Å². The normalized spacial score (nSPS) is 14.5. The molecule has 0 radical (unpaired) electrons. The molecule has 0 amide bonds. The van der Waals surface area contributed by atoms with Gasteiger partial charge in [-0.2, -0.15) is 0 Å². The number of nitrogens with zero attached hydrogens (tertiary/aromatic N) is 3. The van der Waals surface area contributed by atoms with E-state index < -0.39 is 18.0 Å². The summed E-state index contributed by atoms with van der Waals surface area (Å²) in [6.45, 7) is 9.74. The van der Waals surface area contributed by atoms with Crippen molar-refractivity contribution in [2.45, 2.75) is 40.7 Å². The number of methoxy groups -OCH3 is 2. The van der Waals surface area contributed by atoms with Gasteiger partial charge in [0.25, 0.3) is 5.56 Å². The molecule has 0 N–H and O–H groups in total. The number of thiazole rings is 1. The minimum atomic E-state index is -0.860. The van der Waals surface area contributed by atoms with Crippen LogP contribution in [-0.4, -0.2) is 41.9 Å². The molecule has 0 saturated heterocycles. The van der Waals surface area contributed by atoms with Crippen LogP contribution in [0, 0.1) is 27.7 Å². The first kappa shape index (κ1) is 32.9. The fourth-order valence-corrected chi connectivity index (χ4v) is 8.37. The molecule has 0 bridgehead atoms. The van der Waals surface area contributed by atoms with Gasteiger partial charge in [-0.1, -0.05) is 59.9 Å². The number of esters is 2. The summed E-state index contributed by atoms with van der Waals surface area (Å²) in [5, 5.41) is 0.774. The van der Waals surface area contributed by atoms with Crippen LogP contribution in [0.1, 0.15) is 61.8 Å². The molecule has 1 atom stereocenters. The van der Waals surface area contributed by atoms with Crippen LogP contribution in [0.2, 0.25) is 0 Å². The van der Waals surface area contributed by atoms with Crippen LogP contribution in [-0.2, 0) is 14.3 Å². The van der Waals surface area contributed by atoms with E-state index in [1.54, 1.807) is 18.6 Å². The quantitative estimate of drug-likeness (QED) is 0.192. The summed E-state index contributed by atoms with van der Waals surface area (Å²) in [4.78, 5) is 47.5. The first-order valence-electron chi connectivity index (χ1n) is 15.4. The van der Waals surface area contributed by atoms with Gasteiger partial charge in [-0.15, -0.1) is 11.3 Å². The maximum atomic E-state index is 14.5. The van der Waals surface area contributed by atoms with Gasteiger partial charge in [0.05, 0.1) is 42.2 Å². The van der Waals surface area contributed by atoms with E-state index in [0.717, 1.165) is 38.0 Å². The van der Waals surface area contributed by atoms with Gasteiger partial charge < -0.3 is 18.8 Å². The molecule has 4 heterocycles. The number of rotatable bonds is 8. The summed E-state index contributed by atoms with van der Waals surface area (Å²) < 4.78 is 20.5. The molecule has 1 aliphatic rings. The number of hydrogen-bond donors (Lipinski definition) is 0. The Morgan fingerprint density at radius 2 is 1.67 bits per heavy atom. The van der Waals surface area contributed by atoms with Crippen LogP contribution in [0.25, 0.3) is 16.8 Å². The molecular weight excluding hydrogens is 647 g/mol. The molecule has 1 aliphatic heterocycles. The van der Waals surface area contributed by atoms with Crippen molar-refractivity contribution in [1.29, 1.82) is 0 Å². The highest BCUT2D eigenvalue weighted by atomic mass is 32.1. The fourth-order valence-electron chi connectivity index (χ4n) is 6.12. The molecule has 0 saturated carbocycles. The Morgan fingerprint density at radius 3 is 2.35 bits per heavy atom. The standard InChI is InChI=1S/C37H35N3O6S2/c1-8-46-36(43)30-31(24-14-10-9-11-15-24)38-37-40(32(30)26-16-12-13-17-27(26)44-6)33(41)28(48-37)19-25-18-20(2)39(22(25)4)34-29(35(42)45-7)21(3)23(5)47-34/h9-19,32H,8H2,1-7H3/b28-19-/t32-/m0/s1. The lowest BCUT2D eigenvalue weighted by Gasteiger charge is -2.27. The lowest BCUT2D eigenvalue weighted by atomic mass is 9.92. The molecule has 2 aromatic carbocycles. The lowest BCUT2D eigenvalue weighted by Crippen LogP contribution is -2.40. The monoisotopic (exact) mass is 681 g/mol. The zero-order valence-corrected chi connectivity index (χ0v) is 29.4. The minimum absolute atomic E-state index is 0.157. The van der Waals surface area contributed by atoms with Crippen LogP contribution in [0.3, 0.4) is 0 Å². The third-order valence-electron chi connectivity index (χ3n) is 8.52. The number of aromatic nitrogens is 2. The Hall–Kier alpha value is -5.00. The number of aryl methyl sites for hydroxylation is 2. The largest absolute Gasteiger partial charge is 0.496 e. The highest BCUT2D eigenvalue weighted by Gasteiger charge is 2.36. The van der Waals surface area contributed by atoms with E-state index in [1.807, 2.05) is 99.0 Å². The van der Waals surface area contributed by atoms with E-state index in [4.69, 9.17) is 19.2 Å². The molecule has 6 rings (SSSR count). The van der Waals surface area contributed by atoms with Crippen molar-refractivity contribution in [2.75, 3.05) is 20.8 Å². The summed E-state index contributed by atoms with van der Waals surface area (Å²) in [5.74, 6) is -0.423. The number of para-hydroxylation sites is 1. The zero-order chi connectivity index (χ0) is 34.3. The second kappa shape index (κ2) is 13.2. The van der Waals surface area contributed by atoms with E-state index in [1.165, 1.54) is 29.8 Å². The summed E-state index contributed by atoms with van der Waals surface area (Å²) in [5.41, 5.74) is 5.75. The smallest absolute Gasteiger partial charge is 0.341 e. The van der Waals surface area contributed by atoms with Crippen molar-refractivity contribution in [3.63, 3.8) is 0 Å². The highest BCUT2D eigenvalue weighted by molar-refractivity contribution is 7.15. The van der Waals surface area contributed by atoms with E-state index in [0.29, 0.717) is 31.9 Å². The number of hydrogen-bond acceptors (Lipinski definition) is 9. The first-order valence-corrected chi connectivity index (χ1v) is 17.0. The predicted octanol–water partition coefficient (Wildman–Crippen LogP) is 5.82. The molecule has 48 heavy (non-hydrogen) atoms. The van der Waals surface area contributed by atoms with Crippen molar-refractivity contribution in [2.24, 2.45) is 4.99 Å². The van der Waals surface area contributed by atoms with Gasteiger partial charge in [-0.3, -0.25) is 9.36 Å². The number of fused-ring (bicyclic) bond motifs is 1. The number of carbonyl (C=O) groups excluding carboxylic acids is 2. The third-order valence-corrected chi connectivity index (χ3v) is 10.7. The Bertz CT molecular complexity index is 2290. The summed E-state index contributed by atoms with van der Waals surface area (Å²) in [7, 11) is 2.94. The Morgan fingerprint density at radius 1 is 0.958 bits per heavy atom. The van der Waals surface area contributed by atoms with Gasteiger partial charge in [-0.25, -0.2) is 14.6 Å². The molecule has 0 spiro atoms. The van der Waals surface area contributed by atoms with Gasteiger partial charge in [0.15, 0.2) is 4.80 Å². The molecule has 246 valence electrons. The van der Waals surface area contributed by atoms with Gasteiger partial charge >= 0.3 is 11.9 Å². The van der Waals surface area contributed by atoms with Crippen LogP contribution in [0.5, 0.6) is 5.75 Å². The molecule has 11 heteroatoms. The number of ether oxygens (including phenoxy) is 3. The fraction of sp³-hybridized carbons (Fsp3) is 0.243. The maximum Gasteiger partial charge on any atom is 0.341 e. The predicted molar refractivity (Wildman–Crippen MR) is 188 cm³/mol. The van der Waals surface area contributed by atoms with Crippen LogP contribution in [0.15, 0.2) is 76.0 Å². The summed E-state index contributed by atoms with van der Waals surface area (Å²) in [6, 6.07) is 17.9. The van der Waals surface area contributed by atoms with Crippen molar-refractivity contribution in [3.8, 4) is 10.8 Å². The van der Waals surface area contributed by atoms with E-state index in [9.17, 15) is 14.4 Å². The Labute approximate surface area is 285 Å². The van der Waals surface area contributed by atoms with Crippen molar-refractivity contribution < 1.29 is 23.8 Å². The van der Waals surface area contributed by atoms with Crippen LogP contribution < -0.4 is 19.6 Å². The molecule has 0 unspecified atom stereocenters. The number of benzene rings is 2. The second-order valence-electron chi connectivity index (χ2n) is 11.3. The molecular formula is C37H35N3O6S2. The summed E-state index contributed by atoms with van der Waals surface area (Å²) in [6.07, 6.45) is 1.85. The SMILES string of the molecule is CCOC(=O)C1=C(c2ccccc2)N=c2s/c(=C\c3cc(C)n(-c4sc(C)c(C)c4C(=O)OC)c3C)c(=O)n2[C@H]1c1ccccc1OC. The minimum Gasteiger partial charge on any atom is -0.496 e. The Kier molecular flexibility index (Phi) is 9.09. The molecule has 9 nitrogen and oxygen atoms in total. The van der Waals surface area contributed by atoms with Gasteiger partial charge in [0, 0.05) is 27.4 Å². The van der Waals surface area contributed by atoms with E-state index in [2.05, 4.69) is 0 Å². The average molecular weight is 682 g/mol. The van der Waals surface area contributed by atoms with E-state index >= 15 is 0 Å². The van der Waals surface area contributed by atoms with Crippen LogP contribution in [0.4, 0.5) is 0 Å². The third kappa shape index (κ3) is 5.52. The maximum absolute atomic E-state index is 14.5. The van der Waals surface area contributed by atoms with E-state index in [-0.39, 0.29) is 17.7 Å². The molecule has 0 fully saturated rings. The number of carbonyl (C=O) groups is 2. The molecule has 5 aromatic rings. The van der Waals surface area contributed by atoms with Gasteiger partial charge in [0.1, 0.15) is 16.8 Å².